The van der Waals surface area contributed by atoms with Crippen molar-refractivity contribution in [2.45, 2.75) is 45.6 Å². The normalized spacial score (nSPS) is 15.4. The van der Waals surface area contributed by atoms with Gasteiger partial charge in [-0.25, -0.2) is 0 Å². The molecule has 21 heavy (non-hydrogen) atoms. The average Bonchev–Trinajstić information content (AvgIpc) is 2.97. The predicted molar refractivity (Wildman–Crippen MR) is 85.2 cm³/mol. The molecule has 0 bridgehead atoms. The lowest BCUT2D eigenvalue weighted by Gasteiger charge is -2.30. The van der Waals surface area contributed by atoms with Gasteiger partial charge in [0.25, 0.3) is 5.91 Å². The molecule has 2 rings (SSSR count). The summed E-state index contributed by atoms with van der Waals surface area (Å²) in [4.78, 5) is 14.5. The molecule has 0 atom stereocenters. The molecule has 2 N–H and O–H groups in total. The third kappa shape index (κ3) is 4.66. The van der Waals surface area contributed by atoms with Gasteiger partial charge < -0.3 is 15.4 Å². The van der Waals surface area contributed by atoms with E-state index in [1.165, 1.54) is 12.8 Å². The fraction of sp³-hybridized carbons (Fsp3) is 0.588. The smallest absolute Gasteiger partial charge is 0.260 e. The van der Waals surface area contributed by atoms with Gasteiger partial charge in [-0.15, -0.1) is 0 Å². The highest BCUT2D eigenvalue weighted by Gasteiger charge is 2.27. The summed E-state index contributed by atoms with van der Waals surface area (Å²) >= 11 is 0. The molecular formula is C17H26N2O2. The van der Waals surface area contributed by atoms with Crippen LogP contribution < -0.4 is 10.5 Å². The van der Waals surface area contributed by atoms with Crippen molar-refractivity contribution in [2.24, 2.45) is 5.92 Å². The van der Waals surface area contributed by atoms with Crippen LogP contribution in [0.15, 0.2) is 24.3 Å². The number of hydrogen-bond acceptors (Lipinski definition) is 3. The van der Waals surface area contributed by atoms with Crippen LogP contribution in [0.1, 0.15) is 39.5 Å². The number of carbonyl (C=O) groups is 1. The van der Waals surface area contributed by atoms with E-state index < -0.39 is 0 Å². The van der Waals surface area contributed by atoms with E-state index in [1.54, 1.807) is 24.3 Å². The van der Waals surface area contributed by atoms with E-state index >= 15 is 0 Å². The number of nitrogens with zero attached hydrogens (tertiary/aromatic N) is 1. The Morgan fingerprint density at radius 2 is 1.90 bits per heavy atom. The van der Waals surface area contributed by atoms with E-state index in [1.807, 2.05) is 4.90 Å². The van der Waals surface area contributed by atoms with Crippen molar-refractivity contribution in [1.29, 1.82) is 0 Å². The summed E-state index contributed by atoms with van der Waals surface area (Å²) in [6.07, 6.45) is 4.71. The average molecular weight is 290 g/mol. The minimum Gasteiger partial charge on any atom is -0.484 e. The molecule has 1 amide bonds. The number of ether oxygens (including phenoxy) is 1. The van der Waals surface area contributed by atoms with Crippen LogP contribution in [0.4, 0.5) is 5.69 Å². The van der Waals surface area contributed by atoms with Crippen LogP contribution in [0.3, 0.4) is 0 Å². The van der Waals surface area contributed by atoms with Gasteiger partial charge in [0.15, 0.2) is 6.61 Å². The number of carbonyl (C=O) groups excluding carboxylic acids is 1. The SMILES string of the molecule is CC(C)CN(C(=O)COc1ccc(N)cc1)C1CCCC1. The Morgan fingerprint density at radius 1 is 1.29 bits per heavy atom. The summed E-state index contributed by atoms with van der Waals surface area (Å²) in [6.45, 7) is 5.22. The van der Waals surface area contributed by atoms with Crippen LogP contribution in [-0.4, -0.2) is 30.0 Å². The first-order valence-electron chi connectivity index (χ1n) is 7.84. The molecule has 0 saturated heterocycles. The highest BCUT2D eigenvalue weighted by atomic mass is 16.5. The summed E-state index contributed by atoms with van der Waals surface area (Å²) in [7, 11) is 0. The maximum Gasteiger partial charge on any atom is 0.260 e. The third-order valence-electron chi connectivity index (χ3n) is 3.89. The maximum atomic E-state index is 12.5. The first kappa shape index (κ1) is 15.7. The lowest BCUT2D eigenvalue weighted by Crippen LogP contribution is -2.43. The number of hydrogen-bond donors (Lipinski definition) is 1. The fourth-order valence-electron chi connectivity index (χ4n) is 2.86. The molecule has 0 spiro atoms. The standard InChI is InChI=1S/C17H26N2O2/c1-13(2)11-19(15-5-3-4-6-15)17(20)12-21-16-9-7-14(18)8-10-16/h7-10,13,15H,3-6,11-12,18H2,1-2H3. The third-order valence-corrected chi connectivity index (χ3v) is 3.89. The van der Waals surface area contributed by atoms with E-state index in [9.17, 15) is 4.79 Å². The molecule has 1 fully saturated rings. The zero-order chi connectivity index (χ0) is 15.2. The largest absolute Gasteiger partial charge is 0.484 e. The summed E-state index contributed by atoms with van der Waals surface area (Å²) in [5.41, 5.74) is 6.33. The summed E-state index contributed by atoms with van der Waals surface area (Å²) < 4.78 is 5.60. The van der Waals surface area contributed by atoms with Crippen LogP contribution >= 0.6 is 0 Å². The molecule has 0 aliphatic heterocycles. The number of rotatable bonds is 6. The van der Waals surface area contributed by atoms with Crippen molar-refractivity contribution in [2.75, 3.05) is 18.9 Å². The zero-order valence-electron chi connectivity index (χ0n) is 13.0. The molecule has 116 valence electrons. The van der Waals surface area contributed by atoms with Gasteiger partial charge in [0.1, 0.15) is 5.75 Å². The lowest BCUT2D eigenvalue weighted by atomic mass is 10.1. The first-order valence-corrected chi connectivity index (χ1v) is 7.84. The molecule has 1 aromatic carbocycles. The summed E-state index contributed by atoms with van der Waals surface area (Å²) in [5, 5.41) is 0. The van der Waals surface area contributed by atoms with Gasteiger partial charge in [-0.05, 0) is 43.0 Å². The maximum absolute atomic E-state index is 12.5. The number of anilines is 1. The molecule has 1 aliphatic carbocycles. The Balaban J connectivity index is 1.92. The second kappa shape index (κ2) is 7.34. The van der Waals surface area contributed by atoms with E-state index in [-0.39, 0.29) is 12.5 Å². The van der Waals surface area contributed by atoms with Crippen molar-refractivity contribution >= 4 is 11.6 Å². The molecule has 0 radical (unpaired) electrons. The van der Waals surface area contributed by atoms with Gasteiger partial charge in [-0.2, -0.15) is 0 Å². The minimum atomic E-state index is 0.0902. The number of nitrogen functional groups attached to an aromatic ring is 1. The Labute approximate surface area is 127 Å². The van der Waals surface area contributed by atoms with Crippen LogP contribution in [-0.2, 0) is 4.79 Å². The number of nitrogens with two attached hydrogens (primary N) is 1. The number of amides is 1. The quantitative estimate of drug-likeness (QED) is 0.819. The van der Waals surface area contributed by atoms with Crippen molar-refractivity contribution in [3.63, 3.8) is 0 Å². The van der Waals surface area contributed by atoms with Gasteiger partial charge in [0, 0.05) is 18.3 Å². The van der Waals surface area contributed by atoms with Crippen molar-refractivity contribution in [3.05, 3.63) is 24.3 Å². The highest BCUT2D eigenvalue weighted by molar-refractivity contribution is 5.78. The van der Waals surface area contributed by atoms with Gasteiger partial charge in [0.2, 0.25) is 0 Å². The van der Waals surface area contributed by atoms with E-state index in [2.05, 4.69) is 13.8 Å². The van der Waals surface area contributed by atoms with Gasteiger partial charge in [-0.1, -0.05) is 26.7 Å². The first-order chi connectivity index (χ1) is 10.1. The Morgan fingerprint density at radius 3 is 2.48 bits per heavy atom. The van der Waals surface area contributed by atoms with E-state index in [4.69, 9.17) is 10.5 Å². The van der Waals surface area contributed by atoms with Gasteiger partial charge >= 0.3 is 0 Å². The van der Waals surface area contributed by atoms with Crippen molar-refractivity contribution < 1.29 is 9.53 Å². The summed E-state index contributed by atoms with van der Waals surface area (Å²) in [5.74, 6) is 1.26. The Bertz CT molecular complexity index is 450. The molecule has 1 aliphatic rings. The second-order valence-corrected chi connectivity index (χ2v) is 6.24. The Kier molecular flexibility index (Phi) is 5.48. The molecule has 1 saturated carbocycles. The van der Waals surface area contributed by atoms with Crippen molar-refractivity contribution in [3.8, 4) is 5.75 Å². The lowest BCUT2D eigenvalue weighted by molar-refractivity contribution is -0.136. The molecule has 0 unspecified atom stereocenters. The molecule has 0 heterocycles. The second-order valence-electron chi connectivity index (χ2n) is 6.24. The zero-order valence-corrected chi connectivity index (χ0v) is 13.0. The molecular weight excluding hydrogens is 264 g/mol. The van der Waals surface area contributed by atoms with E-state index in [0.29, 0.717) is 23.4 Å². The predicted octanol–water partition coefficient (Wildman–Crippen LogP) is 3.07. The van der Waals surface area contributed by atoms with E-state index in [0.717, 1.165) is 19.4 Å². The Hall–Kier alpha value is -1.71. The fourth-order valence-corrected chi connectivity index (χ4v) is 2.86. The molecule has 0 aromatic heterocycles. The van der Waals surface area contributed by atoms with Crippen LogP contribution in [0, 0.1) is 5.92 Å². The molecule has 4 heteroatoms. The monoisotopic (exact) mass is 290 g/mol. The van der Waals surface area contributed by atoms with Crippen LogP contribution in [0.2, 0.25) is 0 Å². The van der Waals surface area contributed by atoms with Crippen LogP contribution in [0.5, 0.6) is 5.75 Å². The molecule has 4 nitrogen and oxygen atoms in total. The topological polar surface area (TPSA) is 55.6 Å². The highest BCUT2D eigenvalue weighted by Crippen LogP contribution is 2.24. The van der Waals surface area contributed by atoms with Gasteiger partial charge in [0.05, 0.1) is 0 Å². The van der Waals surface area contributed by atoms with Crippen LogP contribution in [0.25, 0.3) is 0 Å². The molecule has 1 aromatic rings. The van der Waals surface area contributed by atoms with Gasteiger partial charge in [-0.3, -0.25) is 4.79 Å². The minimum absolute atomic E-state index is 0.0902. The van der Waals surface area contributed by atoms with Crippen molar-refractivity contribution in [1.82, 2.24) is 4.90 Å². The summed E-state index contributed by atoms with van der Waals surface area (Å²) in [6, 6.07) is 7.55. The number of benzene rings is 1.